The van der Waals surface area contributed by atoms with Gasteiger partial charge in [0.2, 0.25) is 0 Å². The van der Waals surface area contributed by atoms with Gasteiger partial charge in [-0.05, 0) is 43.9 Å². The molecule has 23 heavy (non-hydrogen) atoms. The normalized spacial score (nSPS) is 14.3. The van der Waals surface area contributed by atoms with Crippen molar-refractivity contribution >= 4 is 17.6 Å². The number of methoxy groups -OCH3 is 1. The van der Waals surface area contributed by atoms with Crippen LogP contribution in [0.5, 0.6) is 11.5 Å². The fraction of sp³-hybridized carbons (Fsp3) is 0.438. The Kier molecular flexibility index (Phi) is 5.56. The second kappa shape index (κ2) is 7.62. The van der Waals surface area contributed by atoms with Gasteiger partial charge >= 0.3 is 11.8 Å². The standard InChI is InChI=1S/C16H20N2O5/c1-22-13-7-6-10(12(19)9-18-16(21)15(17)20)8-14(13)23-11-4-2-3-5-11/h6-8,11H,2-5,9H2,1H3,(H2,17,20)(H,18,21). The third-order valence-electron chi connectivity index (χ3n) is 3.71. The third-order valence-corrected chi connectivity index (χ3v) is 3.71. The molecule has 1 aliphatic rings. The molecule has 0 unspecified atom stereocenters. The number of nitrogens with two attached hydrogens (primary N) is 1. The highest BCUT2D eigenvalue weighted by atomic mass is 16.5. The number of primary amides is 1. The summed E-state index contributed by atoms with van der Waals surface area (Å²) in [5.41, 5.74) is 5.18. The molecule has 124 valence electrons. The first-order chi connectivity index (χ1) is 11.0. The van der Waals surface area contributed by atoms with Crippen LogP contribution in [-0.4, -0.2) is 37.4 Å². The van der Waals surface area contributed by atoms with Crippen molar-refractivity contribution in [2.24, 2.45) is 5.73 Å². The van der Waals surface area contributed by atoms with E-state index in [4.69, 9.17) is 15.2 Å². The van der Waals surface area contributed by atoms with Crippen molar-refractivity contribution in [2.45, 2.75) is 31.8 Å². The van der Waals surface area contributed by atoms with E-state index < -0.39 is 11.8 Å². The van der Waals surface area contributed by atoms with E-state index >= 15 is 0 Å². The van der Waals surface area contributed by atoms with Gasteiger partial charge in [0, 0.05) is 5.56 Å². The zero-order valence-electron chi connectivity index (χ0n) is 13.0. The average Bonchev–Trinajstić information content (AvgIpc) is 3.05. The lowest BCUT2D eigenvalue weighted by atomic mass is 10.1. The van der Waals surface area contributed by atoms with E-state index in [-0.39, 0.29) is 18.4 Å². The van der Waals surface area contributed by atoms with Gasteiger partial charge in [-0.3, -0.25) is 14.4 Å². The van der Waals surface area contributed by atoms with E-state index in [1.165, 1.54) is 7.11 Å². The first-order valence-corrected chi connectivity index (χ1v) is 7.46. The molecule has 1 aliphatic carbocycles. The Hall–Kier alpha value is -2.57. The average molecular weight is 320 g/mol. The van der Waals surface area contributed by atoms with Crippen LogP contribution in [0.2, 0.25) is 0 Å². The van der Waals surface area contributed by atoms with Crippen molar-refractivity contribution in [1.29, 1.82) is 0 Å². The fourth-order valence-electron chi connectivity index (χ4n) is 2.48. The van der Waals surface area contributed by atoms with Crippen LogP contribution in [0.1, 0.15) is 36.0 Å². The van der Waals surface area contributed by atoms with Crippen LogP contribution < -0.4 is 20.5 Å². The summed E-state index contributed by atoms with van der Waals surface area (Å²) in [7, 11) is 1.53. The summed E-state index contributed by atoms with van der Waals surface area (Å²) >= 11 is 0. The quantitative estimate of drug-likeness (QED) is 0.595. The Balaban J connectivity index is 2.07. The second-order valence-electron chi connectivity index (χ2n) is 5.36. The Labute approximate surface area is 134 Å². The van der Waals surface area contributed by atoms with Gasteiger partial charge < -0.3 is 20.5 Å². The monoisotopic (exact) mass is 320 g/mol. The number of carbonyl (C=O) groups is 3. The van der Waals surface area contributed by atoms with Crippen molar-refractivity contribution in [3.63, 3.8) is 0 Å². The van der Waals surface area contributed by atoms with E-state index in [0.29, 0.717) is 17.1 Å². The number of rotatable bonds is 6. The number of nitrogens with one attached hydrogen (secondary N) is 1. The lowest BCUT2D eigenvalue weighted by Crippen LogP contribution is -2.38. The van der Waals surface area contributed by atoms with Crippen LogP contribution in [0.3, 0.4) is 0 Å². The predicted octanol–water partition coefficient (Wildman–Crippen LogP) is 0.801. The Morgan fingerprint density at radius 1 is 1.22 bits per heavy atom. The zero-order chi connectivity index (χ0) is 16.8. The van der Waals surface area contributed by atoms with Crippen LogP contribution in [-0.2, 0) is 9.59 Å². The number of carbonyl (C=O) groups excluding carboxylic acids is 3. The molecule has 1 aromatic rings. The van der Waals surface area contributed by atoms with Gasteiger partial charge in [-0.15, -0.1) is 0 Å². The molecule has 0 heterocycles. The van der Waals surface area contributed by atoms with E-state index in [0.717, 1.165) is 25.7 Å². The summed E-state index contributed by atoms with van der Waals surface area (Å²) in [5, 5.41) is 2.17. The third kappa shape index (κ3) is 4.45. The van der Waals surface area contributed by atoms with E-state index in [2.05, 4.69) is 5.32 Å². The topological polar surface area (TPSA) is 108 Å². The molecule has 0 radical (unpaired) electrons. The minimum atomic E-state index is -1.13. The van der Waals surface area contributed by atoms with Gasteiger partial charge in [-0.1, -0.05) is 0 Å². The maximum atomic E-state index is 12.1. The van der Waals surface area contributed by atoms with Gasteiger partial charge in [0.25, 0.3) is 0 Å². The van der Waals surface area contributed by atoms with Crippen molar-refractivity contribution in [3.05, 3.63) is 23.8 Å². The van der Waals surface area contributed by atoms with Crippen molar-refractivity contribution < 1.29 is 23.9 Å². The van der Waals surface area contributed by atoms with Crippen molar-refractivity contribution in [1.82, 2.24) is 5.32 Å². The molecular weight excluding hydrogens is 300 g/mol. The minimum Gasteiger partial charge on any atom is -0.493 e. The van der Waals surface area contributed by atoms with Crippen LogP contribution in [0, 0.1) is 0 Å². The molecule has 7 nitrogen and oxygen atoms in total. The van der Waals surface area contributed by atoms with Crippen molar-refractivity contribution in [3.8, 4) is 11.5 Å². The summed E-state index contributed by atoms with van der Waals surface area (Å²) in [6, 6.07) is 4.82. The first kappa shape index (κ1) is 16.8. The molecule has 1 saturated carbocycles. The van der Waals surface area contributed by atoms with E-state index in [9.17, 15) is 14.4 Å². The fourth-order valence-corrected chi connectivity index (χ4v) is 2.48. The molecule has 1 aromatic carbocycles. The highest BCUT2D eigenvalue weighted by molar-refractivity contribution is 6.34. The molecule has 0 bridgehead atoms. The largest absolute Gasteiger partial charge is 0.493 e. The predicted molar refractivity (Wildman–Crippen MR) is 82.4 cm³/mol. The molecule has 2 amide bonds. The number of hydrogen-bond acceptors (Lipinski definition) is 5. The van der Waals surface area contributed by atoms with Crippen LogP contribution in [0.25, 0.3) is 0 Å². The Morgan fingerprint density at radius 3 is 2.52 bits per heavy atom. The zero-order valence-corrected chi connectivity index (χ0v) is 13.0. The minimum absolute atomic E-state index is 0.129. The number of benzene rings is 1. The SMILES string of the molecule is COc1ccc(C(=O)CNC(=O)C(N)=O)cc1OC1CCCC1. The number of Topliss-reactive ketones (excluding diaryl/α,β-unsaturated/α-hetero) is 1. The van der Waals surface area contributed by atoms with E-state index in [1.807, 2.05) is 0 Å². The van der Waals surface area contributed by atoms with Gasteiger partial charge in [-0.2, -0.15) is 0 Å². The molecule has 0 atom stereocenters. The second-order valence-corrected chi connectivity index (χ2v) is 5.36. The van der Waals surface area contributed by atoms with Gasteiger partial charge in [0.1, 0.15) is 0 Å². The lowest BCUT2D eigenvalue weighted by Gasteiger charge is -2.16. The summed E-state index contributed by atoms with van der Waals surface area (Å²) in [6.45, 7) is -0.309. The number of amides is 2. The van der Waals surface area contributed by atoms with Crippen molar-refractivity contribution in [2.75, 3.05) is 13.7 Å². The molecular formula is C16H20N2O5. The molecule has 0 spiro atoms. The number of hydrogen-bond donors (Lipinski definition) is 2. The van der Waals surface area contributed by atoms with Gasteiger partial charge in [0.15, 0.2) is 17.3 Å². The summed E-state index contributed by atoms with van der Waals surface area (Å²) in [5.74, 6) is -1.41. The van der Waals surface area contributed by atoms with Crippen LogP contribution in [0.15, 0.2) is 18.2 Å². The first-order valence-electron chi connectivity index (χ1n) is 7.46. The summed E-state index contributed by atoms with van der Waals surface area (Å²) < 4.78 is 11.2. The molecule has 2 rings (SSSR count). The Bertz CT molecular complexity index is 608. The summed E-state index contributed by atoms with van der Waals surface area (Å²) in [4.78, 5) is 33.8. The molecule has 0 aliphatic heterocycles. The molecule has 3 N–H and O–H groups in total. The highest BCUT2D eigenvalue weighted by Crippen LogP contribution is 2.32. The van der Waals surface area contributed by atoms with Gasteiger partial charge in [0.05, 0.1) is 19.8 Å². The maximum absolute atomic E-state index is 12.1. The molecule has 1 fully saturated rings. The van der Waals surface area contributed by atoms with Crippen LogP contribution >= 0.6 is 0 Å². The highest BCUT2D eigenvalue weighted by Gasteiger charge is 2.20. The maximum Gasteiger partial charge on any atom is 0.309 e. The van der Waals surface area contributed by atoms with Gasteiger partial charge in [-0.25, -0.2) is 0 Å². The number of ketones is 1. The molecule has 0 aromatic heterocycles. The lowest BCUT2D eigenvalue weighted by molar-refractivity contribution is -0.137. The van der Waals surface area contributed by atoms with E-state index in [1.54, 1.807) is 18.2 Å². The summed E-state index contributed by atoms with van der Waals surface area (Å²) in [6.07, 6.45) is 4.35. The molecule has 7 heteroatoms. The molecule has 0 saturated heterocycles. The smallest absolute Gasteiger partial charge is 0.309 e. The Morgan fingerprint density at radius 2 is 1.91 bits per heavy atom. The van der Waals surface area contributed by atoms with Crippen LogP contribution in [0.4, 0.5) is 0 Å². The number of ether oxygens (including phenoxy) is 2.